The third-order valence-electron chi connectivity index (χ3n) is 7.94. The average Bonchev–Trinajstić information content (AvgIpc) is 3.57. The zero-order valence-corrected chi connectivity index (χ0v) is 23.5. The van der Waals surface area contributed by atoms with E-state index in [1.54, 1.807) is 13.0 Å². The van der Waals surface area contributed by atoms with Crippen molar-refractivity contribution in [3.05, 3.63) is 75.8 Å². The number of halogens is 1. The van der Waals surface area contributed by atoms with Crippen molar-refractivity contribution in [2.24, 2.45) is 0 Å². The first-order valence-electron chi connectivity index (χ1n) is 13.7. The first kappa shape index (κ1) is 26.1. The molecule has 7 rings (SSSR count). The number of benzene rings is 2. The number of carbonyl (C=O) groups is 1. The van der Waals surface area contributed by atoms with Gasteiger partial charge >= 0.3 is 5.97 Å². The summed E-state index contributed by atoms with van der Waals surface area (Å²) in [4.78, 5) is 23.5. The fourth-order valence-electron chi connectivity index (χ4n) is 5.66. The highest BCUT2D eigenvalue weighted by atomic mass is 32.1. The third-order valence-corrected chi connectivity index (χ3v) is 9.00. The lowest BCUT2D eigenvalue weighted by atomic mass is 9.98. The Hall–Kier alpha value is -3.80. The fraction of sp³-hybridized carbons (Fsp3) is 0.367. The number of thiazole rings is 1. The lowest BCUT2D eigenvalue weighted by molar-refractivity contribution is -0.0708. The molecule has 41 heavy (non-hydrogen) atoms. The van der Waals surface area contributed by atoms with Crippen molar-refractivity contribution in [2.75, 3.05) is 19.7 Å². The van der Waals surface area contributed by atoms with Gasteiger partial charge in [0.25, 0.3) is 5.79 Å². The van der Waals surface area contributed by atoms with E-state index in [0.717, 1.165) is 64.7 Å². The Bertz CT molecular complexity index is 1710. The summed E-state index contributed by atoms with van der Waals surface area (Å²) in [6.45, 7) is 7.10. The Morgan fingerprint density at radius 3 is 2.80 bits per heavy atom. The van der Waals surface area contributed by atoms with Crippen LogP contribution >= 0.6 is 11.3 Å². The smallest absolute Gasteiger partial charge is 0.365 e. The van der Waals surface area contributed by atoms with Gasteiger partial charge in [0.1, 0.15) is 16.5 Å². The van der Waals surface area contributed by atoms with Gasteiger partial charge in [0, 0.05) is 32.2 Å². The number of rotatable bonds is 7. The summed E-state index contributed by atoms with van der Waals surface area (Å²) >= 11 is 1.15. The zero-order valence-electron chi connectivity index (χ0n) is 22.7. The Morgan fingerprint density at radius 1 is 1.24 bits per heavy atom. The van der Waals surface area contributed by atoms with E-state index in [-0.39, 0.29) is 16.9 Å². The van der Waals surface area contributed by atoms with Crippen LogP contribution in [0.5, 0.6) is 11.5 Å². The molecule has 11 heteroatoms. The normalized spacial score (nSPS) is 22.1. The van der Waals surface area contributed by atoms with Gasteiger partial charge in [-0.25, -0.2) is 19.2 Å². The molecule has 0 bridgehead atoms. The topological polar surface area (TPSA) is 98.9 Å². The maximum Gasteiger partial charge on any atom is 0.365 e. The van der Waals surface area contributed by atoms with Gasteiger partial charge in [-0.05, 0) is 49.1 Å². The number of imidazole rings is 1. The lowest BCUT2D eigenvalue weighted by Crippen LogP contribution is -2.33. The van der Waals surface area contributed by atoms with E-state index in [4.69, 9.17) is 19.2 Å². The molecule has 2 aromatic heterocycles. The summed E-state index contributed by atoms with van der Waals surface area (Å²) in [6, 6.07) is 10.9. The summed E-state index contributed by atoms with van der Waals surface area (Å²) < 4.78 is 35.1. The number of aromatic nitrogens is 3. The van der Waals surface area contributed by atoms with Gasteiger partial charge in [-0.15, -0.1) is 0 Å². The van der Waals surface area contributed by atoms with Gasteiger partial charge in [-0.2, -0.15) is 0 Å². The average molecular weight is 577 g/mol. The minimum atomic E-state index is -1.25. The number of carboxylic acids is 1. The van der Waals surface area contributed by atoms with Crippen molar-refractivity contribution in [3.63, 3.8) is 0 Å². The molecule has 0 spiro atoms. The number of carboxylic acid groups (broad SMARTS) is 1. The lowest BCUT2D eigenvalue weighted by Gasteiger charge is -2.29. The molecule has 4 aromatic rings. The molecule has 1 fully saturated rings. The minimum absolute atomic E-state index is 0.0469. The predicted molar refractivity (Wildman–Crippen MR) is 151 cm³/mol. The second-order valence-electron chi connectivity index (χ2n) is 10.9. The molecule has 0 radical (unpaired) electrons. The van der Waals surface area contributed by atoms with E-state index in [0.29, 0.717) is 42.3 Å². The van der Waals surface area contributed by atoms with Crippen LogP contribution in [0.4, 0.5) is 4.39 Å². The van der Waals surface area contributed by atoms with Gasteiger partial charge in [0.2, 0.25) is 5.01 Å². The molecule has 0 aliphatic carbocycles. The number of para-hydroxylation sites is 1. The molecule has 2 unspecified atom stereocenters. The summed E-state index contributed by atoms with van der Waals surface area (Å²) in [6.07, 6.45) is 4.06. The van der Waals surface area contributed by atoms with Gasteiger partial charge < -0.3 is 23.9 Å². The van der Waals surface area contributed by atoms with Crippen molar-refractivity contribution >= 4 is 33.4 Å². The van der Waals surface area contributed by atoms with Gasteiger partial charge in [0.15, 0.2) is 17.1 Å². The molecule has 9 nitrogen and oxygen atoms in total. The van der Waals surface area contributed by atoms with Crippen LogP contribution in [0.1, 0.15) is 52.1 Å². The molecule has 3 aliphatic rings. The standard InChI is InChI=1S/C30H29FN4O5S/c1-17-6-7-21(22(31)14-17)30(2)39-23-5-3-4-20(25(23)40-30)18-8-11-34(12-9-18)16-24-32-26-28(41-27(33-26)29(36)37)35(24)15-19-10-13-38-19/h3-8,14,19H,9-13,15-16H2,1-2H3,(H,36,37). The largest absolute Gasteiger partial charge is 0.476 e. The zero-order chi connectivity index (χ0) is 28.3. The summed E-state index contributed by atoms with van der Waals surface area (Å²) in [5, 5.41) is 9.44. The summed E-state index contributed by atoms with van der Waals surface area (Å²) in [5.74, 6) is -0.559. The number of nitrogens with zero attached hydrogens (tertiary/aromatic N) is 4. The number of ether oxygens (including phenoxy) is 3. The van der Waals surface area contributed by atoms with Crippen molar-refractivity contribution in [1.29, 1.82) is 0 Å². The monoisotopic (exact) mass is 576 g/mol. The number of aromatic carboxylic acids is 1. The van der Waals surface area contributed by atoms with Crippen LogP contribution in [0, 0.1) is 12.7 Å². The van der Waals surface area contributed by atoms with Crippen LogP contribution in [0.25, 0.3) is 16.1 Å². The predicted octanol–water partition coefficient (Wildman–Crippen LogP) is 5.36. The summed E-state index contributed by atoms with van der Waals surface area (Å²) in [7, 11) is 0. The maximum absolute atomic E-state index is 14.9. The molecule has 212 valence electrons. The van der Waals surface area contributed by atoms with E-state index in [9.17, 15) is 14.3 Å². The minimum Gasteiger partial charge on any atom is -0.476 e. The van der Waals surface area contributed by atoms with Crippen LogP contribution in [-0.4, -0.2) is 56.3 Å². The van der Waals surface area contributed by atoms with Crippen molar-refractivity contribution < 1.29 is 28.5 Å². The molecular formula is C30H29FN4O5S. The van der Waals surface area contributed by atoms with Gasteiger partial charge in [0.05, 0.1) is 24.8 Å². The van der Waals surface area contributed by atoms with Gasteiger partial charge in [-0.3, -0.25) is 4.90 Å². The molecule has 3 aliphatic heterocycles. The molecule has 1 N–H and O–H groups in total. The Kier molecular flexibility index (Phi) is 6.33. The Balaban J connectivity index is 1.11. The molecule has 0 amide bonds. The van der Waals surface area contributed by atoms with Crippen LogP contribution in [0.3, 0.4) is 0 Å². The molecule has 0 saturated carbocycles. The van der Waals surface area contributed by atoms with Crippen LogP contribution < -0.4 is 9.47 Å². The highest BCUT2D eigenvalue weighted by Crippen LogP contribution is 2.49. The Labute approximate surface area is 239 Å². The molecule has 1 saturated heterocycles. The van der Waals surface area contributed by atoms with E-state index >= 15 is 0 Å². The number of hydrogen-bond acceptors (Lipinski definition) is 8. The second-order valence-corrected chi connectivity index (χ2v) is 11.8. The second kappa shape index (κ2) is 9.93. The first-order valence-corrected chi connectivity index (χ1v) is 14.5. The molecule has 2 aromatic carbocycles. The highest BCUT2D eigenvalue weighted by Gasteiger charge is 2.42. The SMILES string of the molecule is Cc1ccc(C2(C)Oc3cccc(C4=CCN(Cc5nc6nc(C(=O)O)sc6n5CC5CCO5)CC4)c3O2)c(F)c1. The van der Waals surface area contributed by atoms with E-state index in [1.807, 2.05) is 31.2 Å². The van der Waals surface area contributed by atoms with E-state index in [1.165, 1.54) is 6.07 Å². The first-order chi connectivity index (χ1) is 19.8. The van der Waals surface area contributed by atoms with Crippen LogP contribution in [-0.2, 0) is 23.6 Å². The van der Waals surface area contributed by atoms with Crippen molar-refractivity contribution in [1.82, 2.24) is 19.4 Å². The summed E-state index contributed by atoms with van der Waals surface area (Å²) in [5.41, 5.74) is 3.77. The molecule has 2 atom stereocenters. The molecule has 5 heterocycles. The van der Waals surface area contributed by atoms with Crippen molar-refractivity contribution in [2.45, 2.75) is 51.7 Å². The third kappa shape index (κ3) is 4.67. The maximum atomic E-state index is 14.9. The Morgan fingerprint density at radius 2 is 2.10 bits per heavy atom. The quantitative estimate of drug-likeness (QED) is 0.314. The number of aryl methyl sites for hydroxylation is 1. The molecular weight excluding hydrogens is 547 g/mol. The van der Waals surface area contributed by atoms with Crippen LogP contribution in [0.15, 0.2) is 42.5 Å². The number of fused-ring (bicyclic) bond motifs is 2. The van der Waals surface area contributed by atoms with Crippen molar-refractivity contribution in [3.8, 4) is 11.5 Å². The van der Waals surface area contributed by atoms with E-state index in [2.05, 4.69) is 20.5 Å². The van der Waals surface area contributed by atoms with Crippen LogP contribution in [0.2, 0.25) is 0 Å². The number of hydrogen-bond donors (Lipinski definition) is 1. The fourth-order valence-corrected chi connectivity index (χ4v) is 6.54. The highest BCUT2D eigenvalue weighted by molar-refractivity contribution is 7.19. The van der Waals surface area contributed by atoms with E-state index < -0.39 is 11.8 Å². The van der Waals surface area contributed by atoms with Gasteiger partial charge in [-0.1, -0.05) is 35.6 Å².